The van der Waals surface area contributed by atoms with Crippen molar-refractivity contribution in [2.45, 2.75) is 11.9 Å². The number of pyridine rings is 1. The standard InChI is InChI=1S/C10H13N3OS/c1-7(5-14)6-15-10-9(12)2-8(3-11)4-13-10/h2,4,7,14H,5-6,12H2,1H3. The Hall–Kier alpha value is -1.25. The summed E-state index contributed by atoms with van der Waals surface area (Å²) in [5, 5.41) is 18.2. The van der Waals surface area contributed by atoms with E-state index >= 15 is 0 Å². The predicted molar refractivity (Wildman–Crippen MR) is 60.3 cm³/mol. The molecule has 0 saturated heterocycles. The van der Waals surface area contributed by atoms with Gasteiger partial charge in [-0.3, -0.25) is 0 Å². The number of rotatable bonds is 4. The molecule has 0 aliphatic rings. The van der Waals surface area contributed by atoms with Crippen molar-refractivity contribution in [2.24, 2.45) is 5.92 Å². The van der Waals surface area contributed by atoms with Crippen molar-refractivity contribution >= 4 is 17.4 Å². The minimum atomic E-state index is 0.156. The highest BCUT2D eigenvalue weighted by Gasteiger charge is 2.06. The van der Waals surface area contributed by atoms with Crippen LogP contribution in [0.25, 0.3) is 0 Å². The van der Waals surface area contributed by atoms with Gasteiger partial charge in [0.15, 0.2) is 0 Å². The van der Waals surface area contributed by atoms with Crippen molar-refractivity contribution in [3.8, 4) is 6.07 Å². The highest BCUT2D eigenvalue weighted by molar-refractivity contribution is 7.99. The molecular formula is C10H13N3OS. The molecule has 0 aromatic carbocycles. The van der Waals surface area contributed by atoms with Crippen LogP contribution < -0.4 is 5.73 Å². The van der Waals surface area contributed by atoms with Crippen LogP contribution in [0.15, 0.2) is 17.3 Å². The average Bonchev–Trinajstić information content (AvgIpc) is 2.26. The van der Waals surface area contributed by atoms with E-state index < -0.39 is 0 Å². The fourth-order valence-corrected chi connectivity index (χ4v) is 1.83. The van der Waals surface area contributed by atoms with Gasteiger partial charge in [0, 0.05) is 18.6 Å². The molecule has 1 aromatic rings. The largest absolute Gasteiger partial charge is 0.397 e. The molecule has 3 N–H and O–H groups in total. The summed E-state index contributed by atoms with van der Waals surface area (Å²) in [5.41, 5.74) is 6.71. The first-order chi connectivity index (χ1) is 7.17. The zero-order valence-electron chi connectivity index (χ0n) is 8.47. The molecule has 0 amide bonds. The van der Waals surface area contributed by atoms with Crippen LogP contribution in [0.3, 0.4) is 0 Å². The van der Waals surface area contributed by atoms with E-state index in [4.69, 9.17) is 16.1 Å². The summed E-state index contributed by atoms with van der Waals surface area (Å²) in [6.45, 7) is 2.11. The number of nitrogen functional groups attached to an aromatic ring is 1. The maximum atomic E-state index is 8.86. The Kier molecular flexibility index (Phi) is 4.40. The van der Waals surface area contributed by atoms with E-state index in [9.17, 15) is 0 Å². The van der Waals surface area contributed by atoms with Crippen LogP contribution in [-0.4, -0.2) is 22.5 Å². The van der Waals surface area contributed by atoms with Gasteiger partial charge >= 0.3 is 0 Å². The Morgan fingerprint density at radius 3 is 3.00 bits per heavy atom. The summed E-state index contributed by atoms with van der Waals surface area (Å²) < 4.78 is 0. The molecule has 1 heterocycles. The number of aliphatic hydroxyl groups is 1. The van der Waals surface area contributed by atoms with Crippen LogP contribution in [0.5, 0.6) is 0 Å². The van der Waals surface area contributed by atoms with Gasteiger partial charge in [0.25, 0.3) is 0 Å². The van der Waals surface area contributed by atoms with E-state index in [-0.39, 0.29) is 12.5 Å². The van der Waals surface area contributed by atoms with Gasteiger partial charge in [-0.15, -0.1) is 11.8 Å². The van der Waals surface area contributed by atoms with E-state index in [1.165, 1.54) is 18.0 Å². The summed E-state index contributed by atoms with van der Waals surface area (Å²) in [4.78, 5) is 4.09. The zero-order chi connectivity index (χ0) is 11.3. The number of nitriles is 1. The number of thioether (sulfide) groups is 1. The molecule has 80 valence electrons. The van der Waals surface area contributed by atoms with Gasteiger partial charge in [-0.2, -0.15) is 5.26 Å². The van der Waals surface area contributed by atoms with Gasteiger partial charge in [-0.25, -0.2) is 4.98 Å². The third-order valence-corrected chi connectivity index (χ3v) is 3.17. The van der Waals surface area contributed by atoms with Crippen molar-refractivity contribution in [2.75, 3.05) is 18.1 Å². The molecule has 0 saturated carbocycles. The number of hydrogen-bond acceptors (Lipinski definition) is 5. The fraction of sp³-hybridized carbons (Fsp3) is 0.400. The first-order valence-corrected chi connectivity index (χ1v) is 5.55. The Morgan fingerprint density at radius 2 is 2.47 bits per heavy atom. The molecule has 0 radical (unpaired) electrons. The van der Waals surface area contributed by atoms with E-state index in [1.807, 2.05) is 13.0 Å². The lowest BCUT2D eigenvalue weighted by Gasteiger charge is -2.08. The molecule has 0 aliphatic carbocycles. The molecule has 1 rings (SSSR count). The molecule has 15 heavy (non-hydrogen) atoms. The van der Waals surface area contributed by atoms with Crippen LogP contribution in [0.1, 0.15) is 12.5 Å². The van der Waals surface area contributed by atoms with Crippen LogP contribution in [0.4, 0.5) is 5.69 Å². The van der Waals surface area contributed by atoms with Gasteiger partial charge in [0.1, 0.15) is 11.1 Å². The van der Waals surface area contributed by atoms with Crippen LogP contribution in [0, 0.1) is 17.2 Å². The minimum absolute atomic E-state index is 0.156. The van der Waals surface area contributed by atoms with Crippen LogP contribution in [0.2, 0.25) is 0 Å². The highest BCUT2D eigenvalue weighted by Crippen LogP contribution is 2.24. The Morgan fingerprint density at radius 1 is 1.73 bits per heavy atom. The van der Waals surface area contributed by atoms with Gasteiger partial charge in [-0.05, 0) is 12.0 Å². The summed E-state index contributed by atoms with van der Waals surface area (Å²) in [7, 11) is 0. The second kappa shape index (κ2) is 5.59. The molecule has 1 atom stereocenters. The van der Waals surface area contributed by atoms with Crippen LogP contribution in [-0.2, 0) is 0 Å². The third kappa shape index (κ3) is 3.42. The summed E-state index contributed by atoms with van der Waals surface area (Å²) >= 11 is 1.49. The van der Waals surface area contributed by atoms with Crippen molar-refractivity contribution in [3.05, 3.63) is 17.8 Å². The fourth-order valence-electron chi connectivity index (χ4n) is 0.925. The molecule has 1 aromatic heterocycles. The number of aromatic nitrogens is 1. The smallest absolute Gasteiger partial charge is 0.119 e. The summed E-state index contributed by atoms with van der Waals surface area (Å²) in [6.07, 6.45) is 1.50. The van der Waals surface area contributed by atoms with E-state index in [1.54, 1.807) is 6.07 Å². The molecule has 4 nitrogen and oxygen atoms in total. The lowest BCUT2D eigenvalue weighted by Crippen LogP contribution is -2.04. The van der Waals surface area contributed by atoms with E-state index in [2.05, 4.69) is 4.98 Å². The predicted octanol–water partition coefficient (Wildman–Crippen LogP) is 1.26. The first kappa shape index (κ1) is 11.8. The number of nitrogens with zero attached hydrogens (tertiary/aromatic N) is 2. The SMILES string of the molecule is CC(CO)CSc1ncc(C#N)cc1N. The van der Waals surface area contributed by atoms with Gasteiger partial charge in [0.05, 0.1) is 11.3 Å². The third-order valence-electron chi connectivity index (χ3n) is 1.82. The number of nitrogens with two attached hydrogens (primary N) is 1. The van der Waals surface area contributed by atoms with Crippen molar-refractivity contribution in [1.29, 1.82) is 5.26 Å². The van der Waals surface area contributed by atoms with E-state index in [0.717, 1.165) is 5.75 Å². The lowest BCUT2D eigenvalue weighted by molar-refractivity contribution is 0.250. The first-order valence-electron chi connectivity index (χ1n) is 4.56. The minimum Gasteiger partial charge on any atom is -0.397 e. The van der Waals surface area contributed by atoms with E-state index in [0.29, 0.717) is 16.3 Å². The highest BCUT2D eigenvalue weighted by atomic mass is 32.2. The molecule has 0 bridgehead atoms. The van der Waals surface area contributed by atoms with Crippen molar-refractivity contribution in [1.82, 2.24) is 4.98 Å². The molecule has 1 unspecified atom stereocenters. The average molecular weight is 223 g/mol. The number of anilines is 1. The van der Waals surface area contributed by atoms with Gasteiger partial charge in [-0.1, -0.05) is 6.92 Å². The number of aliphatic hydroxyl groups excluding tert-OH is 1. The van der Waals surface area contributed by atoms with Gasteiger partial charge < -0.3 is 10.8 Å². The number of hydrogen-bond donors (Lipinski definition) is 2. The monoisotopic (exact) mass is 223 g/mol. The molecule has 0 fully saturated rings. The maximum Gasteiger partial charge on any atom is 0.119 e. The normalized spacial score (nSPS) is 12.1. The summed E-state index contributed by atoms with van der Waals surface area (Å²) in [6, 6.07) is 3.59. The molecule has 0 spiro atoms. The van der Waals surface area contributed by atoms with Crippen molar-refractivity contribution < 1.29 is 5.11 Å². The zero-order valence-corrected chi connectivity index (χ0v) is 9.29. The van der Waals surface area contributed by atoms with Crippen LogP contribution >= 0.6 is 11.8 Å². The Balaban J connectivity index is 2.67. The quantitative estimate of drug-likeness (QED) is 0.751. The topological polar surface area (TPSA) is 82.9 Å². The van der Waals surface area contributed by atoms with Crippen molar-refractivity contribution in [3.63, 3.8) is 0 Å². The summed E-state index contributed by atoms with van der Waals surface area (Å²) in [5.74, 6) is 0.978. The lowest BCUT2D eigenvalue weighted by atomic mass is 10.2. The molecule has 5 heteroatoms. The second-order valence-electron chi connectivity index (χ2n) is 3.33. The molecule has 0 aliphatic heterocycles. The molecular weight excluding hydrogens is 210 g/mol. The second-order valence-corrected chi connectivity index (χ2v) is 4.34. The Labute approximate surface area is 93.1 Å². The maximum absolute atomic E-state index is 8.86. The van der Waals surface area contributed by atoms with Gasteiger partial charge in [0.2, 0.25) is 0 Å². The Bertz CT molecular complexity index is 375.